The van der Waals surface area contributed by atoms with E-state index in [0.29, 0.717) is 18.6 Å². The Labute approximate surface area is 176 Å². The van der Waals surface area contributed by atoms with Gasteiger partial charge in [0.05, 0.1) is 24.7 Å². The summed E-state index contributed by atoms with van der Waals surface area (Å²) in [5, 5.41) is 0.335. The summed E-state index contributed by atoms with van der Waals surface area (Å²) in [6.07, 6.45) is 3.16. The molecule has 2 saturated heterocycles. The largest absolute Gasteiger partial charge is 0.415 e. The van der Waals surface area contributed by atoms with Crippen LogP contribution in [0.1, 0.15) is 67.7 Å². The van der Waals surface area contributed by atoms with Crippen LogP contribution in [0.3, 0.4) is 0 Å². The van der Waals surface area contributed by atoms with Gasteiger partial charge in [-0.15, -0.1) is 0 Å². The van der Waals surface area contributed by atoms with Crippen LogP contribution < -0.4 is 0 Å². The summed E-state index contributed by atoms with van der Waals surface area (Å²) in [6, 6.07) is 0.460. The van der Waals surface area contributed by atoms with Crippen LogP contribution in [0, 0.1) is 5.92 Å². The number of fused-ring (bicyclic) bond motifs is 1. The molecule has 4 nitrogen and oxygen atoms in total. The maximum Gasteiger partial charge on any atom is 0.228 e. The first kappa shape index (κ1) is 24.1. The molecule has 0 aromatic heterocycles. The van der Waals surface area contributed by atoms with Crippen molar-refractivity contribution in [2.24, 2.45) is 5.92 Å². The Morgan fingerprint density at radius 3 is 1.96 bits per heavy atom. The molecule has 0 radical (unpaired) electrons. The van der Waals surface area contributed by atoms with Crippen LogP contribution in [-0.2, 0) is 13.6 Å². The van der Waals surface area contributed by atoms with Crippen LogP contribution in [-0.4, -0.2) is 52.2 Å². The molecule has 0 saturated carbocycles. The zero-order valence-corrected chi connectivity index (χ0v) is 22.3. The molecule has 2 rings (SSSR count). The third-order valence-corrected chi connectivity index (χ3v) is 17.0. The summed E-state index contributed by atoms with van der Waals surface area (Å²) in [5.41, 5.74) is 0. The number of amides is 1. The summed E-state index contributed by atoms with van der Waals surface area (Å²) in [6.45, 7) is 25.7. The van der Waals surface area contributed by atoms with Gasteiger partial charge in [-0.25, -0.2) is 0 Å². The van der Waals surface area contributed by atoms with Crippen molar-refractivity contribution in [3.63, 3.8) is 0 Å². The number of β-lactam (4-membered cyclic amide) rings is 1. The summed E-state index contributed by atoms with van der Waals surface area (Å²) in [5.74, 6) is 0.532. The van der Waals surface area contributed by atoms with E-state index >= 15 is 0 Å². The lowest BCUT2D eigenvalue weighted by molar-refractivity contribution is -0.175. The van der Waals surface area contributed by atoms with E-state index in [1.54, 1.807) is 0 Å². The molecular formula is C22H45NO3Si2. The second-order valence-electron chi connectivity index (χ2n) is 12.0. The van der Waals surface area contributed by atoms with E-state index in [-0.39, 0.29) is 28.1 Å². The standard InChI is InChI=1S/C22H45NO3Si2/c1-12-16-17-13-14-19(26-28(10,11)22(5,6)7)18(23(17)20(16)24)15-25-27(8,9)21(2,3)4/h16-19H,12-15H2,1-11H3/t16-,17+,18+,19+/m0/s1. The van der Waals surface area contributed by atoms with Crippen LogP contribution in [0.5, 0.6) is 0 Å². The normalized spacial score (nSPS) is 29.5. The lowest BCUT2D eigenvalue weighted by Gasteiger charge is -2.58. The second kappa shape index (κ2) is 7.82. The quantitative estimate of drug-likeness (QED) is 0.397. The molecule has 0 bridgehead atoms. The van der Waals surface area contributed by atoms with E-state index in [4.69, 9.17) is 8.85 Å². The second-order valence-corrected chi connectivity index (χ2v) is 21.5. The van der Waals surface area contributed by atoms with E-state index in [9.17, 15) is 4.79 Å². The highest BCUT2D eigenvalue weighted by Crippen LogP contribution is 2.45. The summed E-state index contributed by atoms with van der Waals surface area (Å²) in [4.78, 5) is 15.0. The van der Waals surface area contributed by atoms with E-state index in [0.717, 1.165) is 19.3 Å². The molecule has 6 heteroatoms. The zero-order chi connectivity index (χ0) is 21.7. The van der Waals surface area contributed by atoms with Crippen LogP contribution in [0.4, 0.5) is 0 Å². The number of nitrogens with zero attached hydrogens (tertiary/aromatic N) is 1. The van der Waals surface area contributed by atoms with Gasteiger partial charge in [0, 0.05) is 6.04 Å². The molecule has 2 aliphatic heterocycles. The van der Waals surface area contributed by atoms with Crippen molar-refractivity contribution in [3.05, 3.63) is 0 Å². The number of carbonyl (C=O) groups is 1. The Bertz CT molecular complexity index is 577. The van der Waals surface area contributed by atoms with E-state index < -0.39 is 16.6 Å². The number of carbonyl (C=O) groups excluding carboxylic acids is 1. The molecule has 2 aliphatic rings. The molecule has 0 aromatic carbocycles. The van der Waals surface area contributed by atoms with Gasteiger partial charge < -0.3 is 13.8 Å². The van der Waals surface area contributed by atoms with E-state index in [1.807, 2.05) is 0 Å². The number of piperidine rings is 1. The van der Waals surface area contributed by atoms with Crippen molar-refractivity contribution < 1.29 is 13.6 Å². The summed E-state index contributed by atoms with van der Waals surface area (Å²) < 4.78 is 13.5. The van der Waals surface area contributed by atoms with Crippen molar-refractivity contribution in [2.45, 2.75) is 122 Å². The SMILES string of the molecule is CC[C@@H]1C(=O)N2[C@@H]1CC[C@@H](O[Si](C)(C)C(C)(C)C)[C@H]2CO[Si](C)(C)C(C)(C)C. The molecule has 2 fully saturated rings. The van der Waals surface area contributed by atoms with Gasteiger partial charge in [0.25, 0.3) is 0 Å². The Kier molecular flexibility index (Phi) is 6.73. The topological polar surface area (TPSA) is 38.8 Å². The molecule has 2 heterocycles. The van der Waals surface area contributed by atoms with Crippen molar-refractivity contribution in [2.75, 3.05) is 6.61 Å². The Balaban J connectivity index is 2.23. The molecule has 0 N–H and O–H groups in total. The van der Waals surface area contributed by atoms with Gasteiger partial charge in [-0.2, -0.15) is 0 Å². The highest BCUT2D eigenvalue weighted by molar-refractivity contribution is 6.74. The monoisotopic (exact) mass is 427 g/mol. The minimum Gasteiger partial charge on any atom is -0.415 e. The zero-order valence-electron chi connectivity index (χ0n) is 20.3. The predicted octanol–water partition coefficient (Wildman–Crippen LogP) is 5.80. The molecule has 0 aliphatic carbocycles. The van der Waals surface area contributed by atoms with Gasteiger partial charge in [0.15, 0.2) is 16.6 Å². The van der Waals surface area contributed by atoms with Crippen molar-refractivity contribution in [1.82, 2.24) is 4.90 Å². The van der Waals surface area contributed by atoms with Gasteiger partial charge in [-0.3, -0.25) is 4.79 Å². The van der Waals surface area contributed by atoms with Crippen LogP contribution >= 0.6 is 0 Å². The lowest BCUT2D eigenvalue weighted by atomic mass is 9.76. The van der Waals surface area contributed by atoms with Crippen molar-refractivity contribution in [1.29, 1.82) is 0 Å². The van der Waals surface area contributed by atoms with Crippen LogP contribution in [0.15, 0.2) is 0 Å². The Morgan fingerprint density at radius 1 is 0.964 bits per heavy atom. The molecule has 164 valence electrons. The Morgan fingerprint density at radius 2 is 1.50 bits per heavy atom. The van der Waals surface area contributed by atoms with Gasteiger partial charge in [-0.05, 0) is 55.5 Å². The smallest absolute Gasteiger partial charge is 0.228 e. The van der Waals surface area contributed by atoms with Gasteiger partial charge in [0.2, 0.25) is 5.91 Å². The summed E-state index contributed by atoms with van der Waals surface area (Å²) in [7, 11) is -3.77. The maximum atomic E-state index is 12.9. The number of rotatable bonds is 6. The maximum absolute atomic E-state index is 12.9. The minimum absolute atomic E-state index is 0.0669. The first-order chi connectivity index (χ1) is 12.5. The van der Waals surface area contributed by atoms with Gasteiger partial charge in [0.1, 0.15) is 0 Å². The Hall–Kier alpha value is -0.176. The van der Waals surface area contributed by atoms with E-state index in [1.165, 1.54) is 0 Å². The molecule has 0 spiro atoms. The average molecular weight is 428 g/mol. The fourth-order valence-electron chi connectivity index (χ4n) is 3.92. The fraction of sp³-hybridized carbons (Fsp3) is 0.955. The number of hydrogen-bond acceptors (Lipinski definition) is 3. The molecule has 0 unspecified atom stereocenters. The number of hydrogen-bond donors (Lipinski definition) is 0. The lowest BCUT2D eigenvalue weighted by Crippen LogP contribution is -2.71. The van der Waals surface area contributed by atoms with Crippen LogP contribution in [0.2, 0.25) is 36.3 Å². The first-order valence-corrected chi connectivity index (χ1v) is 17.0. The minimum atomic E-state index is -1.90. The van der Waals surface area contributed by atoms with Crippen molar-refractivity contribution in [3.8, 4) is 0 Å². The van der Waals surface area contributed by atoms with E-state index in [2.05, 4.69) is 79.6 Å². The average Bonchev–Trinajstić information content (AvgIpc) is 2.51. The highest BCUT2D eigenvalue weighted by atomic mass is 28.4. The molecule has 4 atom stereocenters. The third-order valence-electron chi connectivity index (χ3n) is 8.04. The van der Waals surface area contributed by atoms with Gasteiger partial charge >= 0.3 is 0 Å². The fourth-order valence-corrected chi connectivity index (χ4v) is 6.33. The molecule has 0 aromatic rings. The summed E-state index contributed by atoms with van der Waals surface area (Å²) >= 11 is 0. The molecule has 1 amide bonds. The van der Waals surface area contributed by atoms with Crippen LogP contribution in [0.25, 0.3) is 0 Å². The first-order valence-electron chi connectivity index (χ1n) is 11.2. The predicted molar refractivity (Wildman–Crippen MR) is 123 cm³/mol. The van der Waals surface area contributed by atoms with Gasteiger partial charge in [-0.1, -0.05) is 48.5 Å². The highest BCUT2D eigenvalue weighted by Gasteiger charge is 2.55. The molecular weight excluding hydrogens is 382 g/mol. The molecule has 28 heavy (non-hydrogen) atoms. The van der Waals surface area contributed by atoms with Crippen molar-refractivity contribution >= 4 is 22.5 Å². The third kappa shape index (κ3) is 4.45.